The van der Waals surface area contributed by atoms with Crippen LogP contribution in [0.3, 0.4) is 0 Å². The number of benzene rings is 2. The first-order valence-corrected chi connectivity index (χ1v) is 10.9. The molecule has 4 rings (SSSR count). The number of nitriles is 1. The maximum atomic E-state index is 13.5. The molecule has 1 amide bonds. The van der Waals surface area contributed by atoms with Gasteiger partial charge in [0.1, 0.15) is 6.04 Å². The van der Waals surface area contributed by atoms with E-state index in [2.05, 4.69) is 4.99 Å². The van der Waals surface area contributed by atoms with Crippen molar-refractivity contribution < 1.29 is 27.6 Å². The number of amides is 1. The van der Waals surface area contributed by atoms with E-state index in [0.717, 1.165) is 17.0 Å². The molecule has 0 saturated heterocycles. The van der Waals surface area contributed by atoms with Gasteiger partial charge in [0.25, 0.3) is 5.91 Å². The molecule has 2 aromatic carbocycles. The summed E-state index contributed by atoms with van der Waals surface area (Å²) in [7, 11) is 5.96. The number of nitrogens with zero attached hydrogens (tertiary/aromatic N) is 5. The molecule has 2 aliphatic rings. The molecule has 11 heteroatoms. The maximum Gasteiger partial charge on any atom is 0.416 e. The van der Waals surface area contributed by atoms with Crippen molar-refractivity contribution in [2.75, 3.05) is 45.7 Å². The SMILES string of the molecule is Br.C[N+](C)(C)CCN1CC2=C(C1=O)[C@@H](c1ccc(C#N)cc1)N=C([O-])N2c1cccc(C(F)(F)F)c1. The lowest BCUT2D eigenvalue weighted by molar-refractivity contribution is -0.869. The Morgan fingerprint density at radius 2 is 1.83 bits per heavy atom. The second-order valence-electron chi connectivity index (χ2n) is 9.53. The first-order chi connectivity index (χ1) is 16.4. The number of amidine groups is 1. The molecular formula is C25H25BrF3N5O2. The van der Waals surface area contributed by atoms with E-state index in [1.54, 1.807) is 29.2 Å². The molecule has 0 unspecified atom stereocenters. The average molecular weight is 564 g/mol. The number of hydrogen-bond donors (Lipinski definition) is 0. The third-order valence-corrected chi connectivity index (χ3v) is 5.97. The van der Waals surface area contributed by atoms with Crippen LogP contribution in [-0.2, 0) is 11.0 Å². The van der Waals surface area contributed by atoms with Gasteiger partial charge in [-0.2, -0.15) is 18.4 Å². The molecule has 0 saturated carbocycles. The Labute approximate surface area is 217 Å². The predicted octanol–water partition coefficient (Wildman–Crippen LogP) is 3.24. The van der Waals surface area contributed by atoms with E-state index in [1.165, 1.54) is 12.1 Å². The van der Waals surface area contributed by atoms with E-state index in [-0.39, 0.29) is 40.7 Å². The van der Waals surface area contributed by atoms with Crippen LogP contribution in [0.25, 0.3) is 0 Å². The van der Waals surface area contributed by atoms with E-state index in [4.69, 9.17) is 5.26 Å². The minimum Gasteiger partial charge on any atom is -0.846 e. The van der Waals surface area contributed by atoms with Crippen molar-refractivity contribution in [3.05, 3.63) is 76.5 Å². The summed E-state index contributed by atoms with van der Waals surface area (Å²) < 4.78 is 40.7. The highest BCUT2D eigenvalue weighted by molar-refractivity contribution is 8.93. The largest absolute Gasteiger partial charge is 0.846 e. The third kappa shape index (κ3) is 5.39. The standard InChI is InChI=1S/C25H24F3N5O2.BrH/c1-33(2,3)12-11-31-15-20-21(23(31)34)22(17-9-7-16(14-29)8-10-17)30-24(35)32(20)19-6-4-5-18(13-19)25(26,27)28;/h4-10,13,22H,11-12,15H2,1-3H3;1H/t22-;/m1./s1. The van der Waals surface area contributed by atoms with Crippen molar-refractivity contribution >= 4 is 34.6 Å². The zero-order valence-electron chi connectivity index (χ0n) is 19.9. The number of likely N-dealkylation sites (N-methyl/N-ethyl adjacent to an activating group) is 1. The minimum atomic E-state index is -4.59. The second-order valence-corrected chi connectivity index (χ2v) is 9.53. The Balaban J connectivity index is 0.00000361. The minimum absolute atomic E-state index is 0. The van der Waals surface area contributed by atoms with Crippen LogP contribution in [0.4, 0.5) is 18.9 Å². The van der Waals surface area contributed by atoms with Gasteiger partial charge in [0, 0.05) is 5.69 Å². The number of quaternary nitrogens is 1. The van der Waals surface area contributed by atoms with Gasteiger partial charge in [-0.25, -0.2) is 0 Å². The van der Waals surface area contributed by atoms with E-state index < -0.39 is 23.8 Å². The maximum absolute atomic E-state index is 13.5. The number of alkyl halides is 3. The Morgan fingerprint density at radius 1 is 1.17 bits per heavy atom. The van der Waals surface area contributed by atoms with Gasteiger partial charge in [-0.3, -0.25) is 9.79 Å². The quantitative estimate of drug-likeness (QED) is 0.523. The van der Waals surface area contributed by atoms with Gasteiger partial charge in [-0.1, -0.05) is 18.2 Å². The van der Waals surface area contributed by atoms with Crippen LogP contribution in [-0.4, -0.2) is 62.1 Å². The van der Waals surface area contributed by atoms with Gasteiger partial charge in [0.15, 0.2) is 0 Å². The van der Waals surface area contributed by atoms with Gasteiger partial charge in [-0.15, -0.1) is 17.0 Å². The summed E-state index contributed by atoms with van der Waals surface area (Å²) in [5.41, 5.74) is 0.651. The fourth-order valence-corrected chi connectivity index (χ4v) is 4.12. The summed E-state index contributed by atoms with van der Waals surface area (Å²) in [6.07, 6.45) is -4.59. The molecule has 0 N–H and O–H groups in total. The van der Waals surface area contributed by atoms with Gasteiger partial charge in [-0.05, 0) is 35.9 Å². The molecule has 0 aromatic heterocycles. The highest BCUT2D eigenvalue weighted by Crippen LogP contribution is 2.41. The van der Waals surface area contributed by atoms with Crippen LogP contribution in [0.1, 0.15) is 22.7 Å². The number of hydrogen-bond acceptors (Lipinski definition) is 5. The monoisotopic (exact) mass is 563 g/mol. The van der Waals surface area contributed by atoms with Crippen LogP contribution in [0.2, 0.25) is 0 Å². The molecule has 0 spiro atoms. The van der Waals surface area contributed by atoms with E-state index >= 15 is 0 Å². The second kappa shape index (κ2) is 9.95. The number of carbonyl (C=O) groups excluding carboxylic acids is 1. The van der Waals surface area contributed by atoms with Gasteiger partial charge in [0.2, 0.25) is 0 Å². The molecule has 190 valence electrons. The van der Waals surface area contributed by atoms with Crippen LogP contribution in [0, 0.1) is 11.3 Å². The van der Waals surface area contributed by atoms with Crippen LogP contribution >= 0.6 is 17.0 Å². The van der Waals surface area contributed by atoms with Crippen molar-refractivity contribution in [1.29, 1.82) is 5.26 Å². The summed E-state index contributed by atoms with van der Waals surface area (Å²) in [4.78, 5) is 20.4. The molecule has 0 bridgehead atoms. The molecule has 0 aliphatic carbocycles. The van der Waals surface area contributed by atoms with Gasteiger partial charge >= 0.3 is 6.18 Å². The smallest absolute Gasteiger partial charge is 0.416 e. The summed E-state index contributed by atoms with van der Waals surface area (Å²) in [6.45, 7) is 1.13. The van der Waals surface area contributed by atoms with Crippen molar-refractivity contribution in [1.82, 2.24) is 4.90 Å². The lowest BCUT2D eigenvalue weighted by Gasteiger charge is -2.36. The molecule has 2 aromatic rings. The third-order valence-electron chi connectivity index (χ3n) is 5.97. The molecule has 36 heavy (non-hydrogen) atoms. The molecule has 1 atom stereocenters. The summed E-state index contributed by atoms with van der Waals surface area (Å²) in [6, 6.07) is 11.2. The Hall–Kier alpha value is -3.36. The first-order valence-electron chi connectivity index (χ1n) is 10.9. The summed E-state index contributed by atoms with van der Waals surface area (Å²) >= 11 is 0. The highest BCUT2D eigenvalue weighted by Gasteiger charge is 2.42. The lowest BCUT2D eigenvalue weighted by Crippen LogP contribution is -2.44. The van der Waals surface area contributed by atoms with E-state index in [1.807, 2.05) is 27.2 Å². The fourth-order valence-electron chi connectivity index (χ4n) is 4.12. The molecular weight excluding hydrogens is 539 g/mol. The van der Waals surface area contributed by atoms with E-state index in [9.17, 15) is 23.1 Å². The number of halogens is 4. The van der Waals surface area contributed by atoms with Gasteiger partial charge in [0.05, 0.1) is 75.3 Å². The Bertz CT molecular complexity index is 1260. The molecule has 7 nitrogen and oxygen atoms in total. The molecule has 0 radical (unpaired) electrons. The van der Waals surface area contributed by atoms with Crippen molar-refractivity contribution in [2.24, 2.45) is 4.99 Å². The van der Waals surface area contributed by atoms with Crippen molar-refractivity contribution in [3.8, 4) is 6.07 Å². The topological polar surface area (TPSA) is 82.8 Å². The molecule has 2 aliphatic heterocycles. The van der Waals surface area contributed by atoms with Crippen LogP contribution < -0.4 is 10.0 Å². The number of rotatable bonds is 5. The zero-order valence-corrected chi connectivity index (χ0v) is 21.6. The average Bonchev–Trinajstić information content (AvgIpc) is 3.12. The van der Waals surface area contributed by atoms with E-state index in [0.29, 0.717) is 34.4 Å². The first kappa shape index (κ1) is 27.2. The van der Waals surface area contributed by atoms with Gasteiger partial charge < -0.3 is 19.4 Å². The number of carbonyl (C=O) groups is 1. The lowest BCUT2D eigenvalue weighted by atomic mass is 9.95. The Morgan fingerprint density at radius 3 is 2.42 bits per heavy atom. The number of anilines is 1. The normalized spacial score (nSPS) is 18.0. The number of aliphatic imine (C=N–C) groups is 1. The Kier molecular flexibility index (Phi) is 7.53. The summed E-state index contributed by atoms with van der Waals surface area (Å²) in [5, 5.41) is 22.3. The fraction of sp³-hybridized carbons (Fsp3) is 0.320. The highest BCUT2D eigenvalue weighted by atomic mass is 79.9. The summed E-state index contributed by atoms with van der Waals surface area (Å²) in [5.74, 6) is -0.309. The van der Waals surface area contributed by atoms with Crippen molar-refractivity contribution in [3.63, 3.8) is 0 Å². The van der Waals surface area contributed by atoms with Crippen molar-refractivity contribution in [2.45, 2.75) is 12.2 Å². The van der Waals surface area contributed by atoms with Crippen LogP contribution in [0.5, 0.6) is 0 Å². The predicted molar refractivity (Wildman–Crippen MR) is 132 cm³/mol. The molecule has 2 heterocycles. The van der Waals surface area contributed by atoms with Crippen LogP contribution in [0.15, 0.2) is 64.8 Å². The zero-order chi connectivity index (χ0) is 25.5. The molecule has 0 fully saturated rings.